The largest absolute Gasteiger partial charge is 0.484 e. The summed E-state index contributed by atoms with van der Waals surface area (Å²) < 4.78 is 51.4. The van der Waals surface area contributed by atoms with Crippen LogP contribution in [0.25, 0.3) is 10.9 Å². The topological polar surface area (TPSA) is 82.3 Å². The minimum atomic E-state index is -4.64. The van der Waals surface area contributed by atoms with Gasteiger partial charge in [-0.2, -0.15) is 13.2 Å². The number of halogens is 3. The highest BCUT2D eigenvalue weighted by atomic mass is 19.4. The molecule has 7 nitrogen and oxygen atoms in total. The highest BCUT2D eigenvalue weighted by Crippen LogP contribution is 2.50. The Labute approximate surface area is 175 Å². The molecule has 1 saturated carbocycles. The molecule has 164 valence electrons. The van der Waals surface area contributed by atoms with Crippen molar-refractivity contribution in [2.24, 2.45) is 0 Å². The predicted octanol–water partition coefficient (Wildman–Crippen LogP) is 3.67. The van der Waals surface area contributed by atoms with E-state index in [0.29, 0.717) is 24.7 Å². The van der Waals surface area contributed by atoms with Gasteiger partial charge in [-0.25, -0.2) is 4.68 Å². The van der Waals surface area contributed by atoms with E-state index in [9.17, 15) is 18.3 Å². The van der Waals surface area contributed by atoms with Crippen molar-refractivity contribution in [3.05, 3.63) is 47.4 Å². The molecule has 10 heteroatoms. The zero-order valence-electron chi connectivity index (χ0n) is 16.8. The lowest BCUT2D eigenvalue weighted by atomic mass is 9.75. The normalized spacial score (nSPS) is 24.5. The van der Waals surface area contributed by atoms with Gasteiger partial charge in [0.05, 0.1) is 31.0 Å². The summed E-state index contributed by atoms with van der Waals surface area (Å²) in [6.07, 6.45) is -1.72. The number of alkyl halides is 3. The quantitative estimate of drug-likeness (QED) is 0.675. The molecular weight excluding hydrogens is 413 g/mol. The fraction of sp³-hybridized carbons (Fsp3) is 0.476. The number of aliphatic hydroxyl groups is 1. The van der Waals surface area contributed by atoms with E-state index < -0.39 is 36.8 Å². The lowest BCUT2D eigenvalue weighted by Gasteiger charge is -2.43. The molecule has 0 saturated heterocycles. The Morgan fingerprint density at radius 2 is 2.13 bits per heavy atom. The molecule has 0 spiro atoms. The third-order valence-electron chi connectivity index (χ3n) is 6.10. The molecule has 31 heavy (non-hydrogen) atoms. The maximum absolute atomic E-state index is 12.8. The van der Waals surface area contributed by atoms with Gasteiger partial charge in [-0.15, -0.1) is 5.10 Å². The van der Waals surface area contributed by atoms with E-state index in [-0.39, 0.29) is 0 Å². The van der Waals surface area contributed by atoms with Crippen LogP contribution in [0, 0.1) is 0 Å². The number of fused-ring (bicyclic) bond motifs is 3. The average Bonchev–Trinajstić information content (AvgIpc) is 3.20. The van der Waals surface area contributed by atoms with Crippen LogP contribution >= 0.6 is 0 Å². The lowest BCUT2D eigenvalue weighted by Crippen LogP contribution is -2.55. The third-order valence-corrected chi connectivity index (χ3v) is 6.10. The van der Waals surface area contributed by atoms with Crippen molar-refractivity contribution in [3.8, 4) is 5.75 Å². The molecule has 0 unspecified atom stereocenters. The summed E-state index contributed by atoms with van der Waals surface area (Å²) in [5.41, 5.74) is 1.03. The van der Waals surface area contributed by atoms with Gasteiger partial charge in [-0.05, 0) is 42.7 Å². The first kappa shape index (κ1) is 20.2. The fourth-order valence-electron chi connectivity index (χ4n) is 4.18. The standard InChI is InChI=1S/C21H21F3N4O3/c1-12(19-10-28(27-26-19)14-7-20(29,8-14)21(22,23)24)31-15-2-3-18-17(6-15)16-4-5-30-11-13(16)9-25-18/h2-3,6,9-10,12,14,29H,4-5,7-8,11H2,1H3/t12-,14?,20?/m1/s1. The molecular formula is C21H21F3N4O3. The third kappa shape index (κ3) is 3.53. The van der Waals surface area contributed by atoms with Crippen LogP contribution in [0.1, 0.15) is 48.7 Å². The second-order valence-corrected chi connectivity index (χ2v) is 8.22. The Hall–Kier alpha value is -2.72. The molecule has 1 fully saturated rings. The Bertz CT molecular complexity index is 1120. The summed E-state index contributed by atoms with van der Waals surface area (Å²) >= 11 is 0. The zero-order valence-corrected chi connectivity index (χ0v) is 16.8. The fourth-order valence-corrected chi connectivity index (χ4v) is 4.18. The number of nitrogens with zero attached hydrogens (tertiary/aromatic N) is 4. The predicted molar refractivity (Wildman–Crippen MR) is 103 cm³/mol. The molecule has 0 amide bonds. The number of ether oxygens (including phenoxy) is 2. The number of hydrogen-bond donors (Lipinski definition) is 1. The van der Waals surface area contributed by atoms with E-state index in [1.165, 1.54) is 10.2 Å². The molecule has 3 heterocycles. The van der Waals surface area contributed by atoms with E-state index in [2.05, 4.69) is 15.3 Å². The summed E-state index contributed by atoms with van der Waals surface area (Å²) in [6, 6.07) is 5.14. The molecule has 1 aliphatic heterocycles. The maximum atomic E-state index is 12.8. The second-order valence-electron chi connectivity index (χ2n) is 8.22. The van der Waals surface area contributed by atoms with Crippen LogP contribution in [0.15, 0.2) is 30.6 Å². The molecule has 0 bridgehead atoms. The van der Waals surface area contributed by atoms with Crippen LogP contribution in [-0.2, 0) is 17.8 Å². The first-order valence-corrected chi connectivity index (χ1v) is 10.1. The SMILES string of the molecule is C[C@@H](Oc1ccc2ncc3c(c2c1)CCOC3)c1cn(C2CC(O)(C(F)(F)F)C2)nn1. The van der Waals surface area contributed by atoms with Crippen molar-refractivity contribution in [3.63, 3.8) is 0 Å². The van der Waals surface area contributed by atoms with Crippen molar-refractivity contribution >= 4 is 10.9 Å². The van der Waals surface area contributed by atoms with E-state index in [1.807, 2.05) is 24.4 Å². The summed E-state index contributed by atoms with van der Waals surface area (Å²) in [5.74, 6) is 0.645. The zero-order chi connectivity index (χ0) is 21.8. The average molecular weight is 434 g/mol. The lowest BCUT2D eigenvalue weighted by molar-refractivity contribution is -0.297. The Morgan fingerprint density at radius 1 is 1.32 bits per heavy atom. The summed E-state index contributed by atoms with van der Waals surface area (Å²) in [7, 11) is 0. The smallest absolute Gasteiger partial charge is 0.417 e. The maximum Gasteiger partial charge on any atom is 0.417 e. The van der Waals surface area contributed by atoms with Gasteiger partial charge in [-0.1, -0.05) is 5.21 Å². The van der Waals surface area contributed by atoms with Crippen LogP contribution < -0.4 is 4.74 Å². The van der Waals surface area contributed by atoms with E-state index in [4.69, 9.17) is 9.47 Å². The number of aromatic nitrogens is 4. The molecule has 1 aromatic carbocycles. The number of pyridine rings is 1. The van der Waals surface area contributed by atoms with Gasteiger partial charge in [0.1, 0.15) is 17.5 Å². The van der Waals surface area contributed by atoms with Crippen LogP contribution in [0.5, 0.6) is 5.75 Å². The van der Waals surface area contributed by atoms with Crippen LogP contribution in [-0.4, -0.2) is 43.5 Å². The van der Waals surface area contributed by atoms with Gasteiger partial charge in [0.2, 0.25) is 0 Å². The van der Waals surface area contributed by atoms with Crippen molar-refractivity contribution in [2.45, 2.75) is 56.7 Å². The highest BCUT2D eigenvalue weighted by molar-refractivity contribution is 5.84. The molecule has 3 aromatic rings. The Balaban J connectivity index is 1.31. The highest BCUT2D eigenvalue weighted by Gasteiger charge is 2.62. The monoisotopic (exact) mass is 434 g/mol. The van der Waals surface area contributed by atoms with Crippen molar-refractivity contribution in [1.82, 2.24) is 20.0 Å². The van der Waals surface area contributed by atoms with E-state index in [0.717, 1.165) is 22.9 Å². The van der Waals surface area contributed by atoms with Gasteiger partial charge in [0.15, 0.2) is 5.60 Å². The molecule has 2 aromatic heterocycles. The number of rotatable bonds is 4. The molecule has 1 aliphatic carbocycles. The van der Waals surface area contributed by atoms with Crippen molar-refractivity contribution in [2.75, 3.05) is 6.61 Å². The number of hydrogen-bond acceptors (Lipinski definition) is 6. The molecule has 2 aliphatic rings. The molecule has 1 N–H and O–H groups in total. The molecule has 5 rings (SSSR count). The second kappa shape index (κ2) is 7.16. The Kier molecular flexibility index (Phi) is 4.67. The van der Waals surface area contributed by atoms with Gasteiger partial charge >= 0.3 is 6.18 Å². The van der Waals surface area contributed by atoms with Crippen molar-refractivity contribution in [1.29, 1.82) is 0 Å². The minimum absolute atomic E-state index is 0.430. The van der Waals surface area contributed by atoms with Gasteiger partial charge < -0.3 is 14.6 Å². The molecule has 1 atom stereocenters. The van der Waals surface area contributed by atoms with Crippen molar-refractivity contribution < 1.29 is 27.8 Å². The van der Waals surface area contributed by atoms with E-state index >= 15 is 0 Å². The van der Waals surface area contributed by atoms with Crippen LogP contribution in [0.4, 0.5) is 13.2 Å². The summed E-state index contributed by atoms with van der Waals surface area (Å²) in [5, 5.41) is 18.7. The van der Waals surface area contributed by atoms with Gasteiger partial charge in [0.25, 0.3) is 0 Å². The minimum Gasteiger partial charge on any atom is -0.484 e. The summed E-state index contributed by atoms with van der Waals surface area (Å²) in [4.78, 5) is 4.48. The number of benzene rings is 1. The van der Waals surface area contributed by atoms with Crippen LogP contribution in [0.3, 0.4) is 0 Å². The Morgan fingerprint density at radius 3 is 2.90 bits per heavy atom. The first-order valence-electron chi connectivity index (χ1n) is 10.1. The summed E-state index contributed by atoms with van der Waals surface area (Å²) in [6.45, 7) is 3.02. The van der Waals surface area contributed by atoms with Crippen LogP contribution in [0.2, 0.25) is 0 Å². The first-order chi connectivity index (χ1) is 14.7. The van der Waals surface area contributed by atoms with E-state index in [1.54, 1.807) is 13.1 Å². The van der Waals surface area contributed by atoms with Gasteiger partial charge in [0, 0.05) is 24.4 Å². The molecule has 0 radical (unpaired) electrons. The van der Waals surface area contributed by atoms with Gasteiger partial charge in [-0.3, -0.25) is 4.98 Å².